The van der Waals surface area contributed by atoms with Gasteiger partial charge in [0.2, 0.25) is 5.91 Å². The van der Waals surface area contributed by atoms with Gasteiger partial charge in [-0.15, -0.1) is 0 Å². The molecule has 2 rings (SSSR count). The summed E-state index contributed by atoms with van der Waals surface area (Å²) in [7, 11) is 0. The summed E-state index contributed by atoms with van der Waals surface area (Å²) in [5.41, 5.74) is -0.261. The second-order valence-electron chi connectivity index (χ2n) is 4.42. The minimum absolute atomic E-state index is 0.0559. The lowest BCUT2D eigenvalue weighted by molar-refractivity contribution is -0.138. The number of anilines is 1. The number of amides is 1. The Morgan fingerprint density at radius 3 is 2.58 bits per heavy atom. The average molecular weight is 354 g/mol. The van der Waals surface area contributed by atoms with Gasteiger partial charge in [0.25, 0.3) is 0 Å². The zero-order valence-electron chi connectivity index (χ0n) is 9.75. The number of hydrogen-bond acceptors (Lipinski definition) is 2. The highest BCUT2D eigenvalue weighted by molar-refractivity contribution is 9.10. The number of benzene rings is 1. The number of halogens is 4. The molecule has 0 saturated carbocycles. The van der Waals surface area contributed by atoms with E-state index in [0.717, 1.165) is 6.07 Å². The monoisotopic (exact) mass is 353 g/mol. The molecule has 2 nitrogen and oxygen atoms in total. The number of thiol groups is 1. The van der Waals surface area contributed by atoms with Crippen molar-refractivity contribution in [3.8, 4) is 0 Å². The van der Waals surface area contributed by atoms with Gasteiger partial charge >= 0.3 is 6.18 Å². The summed E-state index contributed by atoms with van der Waals surface area (Å²) < 4.78 is 37.8. The van der Waals surface area contributed by atoms with Crippen molar-refractivity contribution in [2.75, 3.05) is 17.2 Å². The van der Waals surface area contributed by atoms with Crippen LogP contribution in [0.5, 0.6) is 0 Å². The number of nitrogens with zero attached hydrogens (tertiary/aromatic N) is 1. The van der Waals surface area contributed by atoms with Crippen molar-refractivity contribution in [2.45, 2.75) is 12.6 Å². The van der Waals surface area contributed by atoms with Crippen molar-refractivity contribution in [2.24, 2.45) is 5.92 Å². The summed E-state index contributed by atoms with van der Waals surface area (Å²) in [4.78, 5) is 13.3. The zero-order valence-corrected chi connectivity index (χ0v) is 12.2. The van der Waals surface area contributed by atoms with Gasteiger partial charge in [0.1, 0.15) is 0 Å². The maximum Gasteiger partial charge on any atom is 0.417 e. The first-order valence-electron chi connectivity index (χ1n) is 5.61. The Morgan fingerprint density at radius 1 is 1.42 bits per heavy atom. The van der Waals surface area contributed by atoms with E-state index in [9.17, 15) is 18.0 Å². The van der Waals surface area contributed by atoms with Gasteiger partial charge in [-0.1, -0.05) is 15.9 Å². The van der Waals surface area contributed by atoms with E-state index in [1.807, 2.05) is 0 Å². The molecule has 0 spiro atoms. The second-order valence-corrected chi connectivity index (χ2v) is 5.64. The van der Waals surface area contributed by atoms with E-state index in [0.29, 0.717) is 24.4 Å². The molecule has 1 unspecified atom stereocenters. The van der Waals surface area contributed by atoms with Crippen molar-refractivity contribution >= 4 is 40.2 Å². The number of hydrogen-bond donors (Lipinski definition) is 1. The highest BCUT2D eigenvalue weighted by Gasteiger charge is 2.34. The topological polar surface area (TPSA) is 20.3 Å². The third-order valence-corrected chi connectivity index (χ3v) is 4.21. The van der Waals surface area contributed by atoms with Crippen LogP contribution in [-0.2, 0) is 11.0 Å². The van der Waals surface area contributed by atoms with Crippen LogP contribution in [0.2, 0.25) is 0 Å². The summed E-state index contributed by atoms with van der Waals surface area (Å²) in [6.45, 7) is 0.500. The number of alkyl halides is 3. The molecule has 0 bridgehead atoms. The lowest BCUT2D eigenvalue weighted by atomic mass is 10.1. The standard InChI is InChI=1S/C12H11BrF3NOS/c13-10-4-8(1-2-9(10)12(14,15)16)17-5-7(6-19)3-11(17)18/h1-2,4,7,19H,3,5-6H2. The molecule has 104 valence electrons. The minimum Gasteiger partial charge on any atom is -0.312 e. The molecule has 1 aliphatic heterocycles. The fourth-order valence-corrected chi connectivity index (χ4v) is 2.89. The molecule has 1 aromatic rings. The van der Waals surface area contributed by atoms with Crippen molar-refractivity contribution in [1.82, 2.24) is 0 Å². The Kier molecular flexibility index (Phi) is 4.15. The fraction of sp³-hybridized carbons (Fsp3) is 0.417. The second kappa shape index (κ2) is 5.36. The van der Waals surface area contributed by atoms with Gasteiger partial charge in [-0.2, -0.15) is 25.8 Å². The molecule has 1 amide bonds. The summed E-state index contributed by atoms with van der Waals surface area (Å²) in [5, 5.41) is 0. The average Bonchev–Trinajstić information content (AvgIpc) is 2.68. The highest BCUT2D eigenvalue weighted by Crippen LogP contribution is 2.37. The predicted octanol–water partition coefficient (Wildman–Crippen LogP) is 3.75. The normalized spacial score (nSPS) is 20.2. The van der Waals surface area contributed by atoms with Gasteiger partial charge < -0.3 is 4.90 Å². The van der Waals surface area contributed by atoms with E-state index in [4.69, 9.17) is 0 Å². The SMILES string of the molecule is O=C1CC(CS)CN1c1ccc(C(F)(F)F)c(Br)c1. The number of rotatable bonds is 2. The maximum atomic E-state index is 12.6. The van der Waals surface area contributed by atoms with Crippen LogP contribution in [0.15, 0.2) is 22.7 Å². The molecule has 0 N–H and O–H groups in total. The Bertz CT molecular complexity index is 506. The lowest BCUT2D eigenvalue weighted by Gasteiger charge is -2.18. The van der Waals surface area contributed by atoms with Crippen LogP contribution < -0.4 is 4.90 Å². The Morgan fingerprint density at radius 2 is 2.11 bits per heavy atom. The van der Waals surface area contributed by atoms with E-state index in [1.54, 1.807) is 0 Å². The zero-order chi connectivity index (χ0) is 14.2. The minimum atomic E-state index is -4.40. The molecular formula is C12H11BrF3NOS. The van der Waals surface area contributed by atoms with E-state index >= 15 is 0 Å². The number of carbonyl (C=O) groups is 1. The third kappa shape index (κ3) is 3.08. The van der Waals surface area contributed by atoms with Crippen molar-refractivity contribution in [1.29, 1.82) is 0 Å². The third-order valence-electron chi connectivity index (χ3n) is 3.03. The summed E-state index contributed by atoms with van der Waals surface area (Å²) in [6.07, 6.45) is -4.01. The highest BCUT2D eigenvalue weighted by atomic mass is 79.9. The van der Waals surface area contributed by atoms with Crippen LogP contribution in [0.1, 0.15) is 12.0 Å². The molecule has 1 atom stereocenters. The maximum absolute atomic E-state index is 12.6. The van der Waals surface area contributed by atoms with E-state index < -0.39 is 11.7 Å². The van der Waals surface area contributed by atoms with E-state index in [2.05, 4.69) is 28.6 Å². The molecule has 7 heteroatoms. The van der Waals surface area contributed by atoms with Gasteiger partial charge in [-0.3, -0.25) is 4.79 Å². The Hall–Kier alpha value is -0.690. The molecule has 0 aromatic heterocycles. The predicted molar refractivity (Wildman–Crippen MR) is 73.5 cm³/mol. The quantitative estimate of drug-likeness (QED) is 0.803. The molecule has 1 fully saturated rings. The first-order chi connectivity index (χ1) is 8.82. The van der Waals surface area contributed by atoms with Crippen LogP contribution in [-0.4, -0.2) is 18.2 Å². The van der Waals surface area contributed by atoms with Crippen molar-refractivity contribution in [3.63, 3.8) is 0 Å². The molecule has 19 heavy (non-hydrogen) atoms. The van der Waals surface area contributed by atoms with E-state index in [-0.39, 0.29) is 16.3 Å². The lowest BCUT2D eigenvalue weighted by Crippen LogP contribution is -2.24. The van der Waals surface area contributed by atoms with Crippen LogP contribution in [0, 0.1) is 5.92 Å². The summed E-state index contributed by atoms with van der Waals surface area (Å²) >= 11 is 7.06. The first-order valence-corrected chi connectivity index (χ1v) is 7.03. The fourth-order valence-electron chi connectivity index (χ4n) is 2.06. The Balaban J connectivity index is 2.28. The van der Waals surface area contributed by atoms with Crippen LogP contribution in [0.4, 0.5) is 18.9 Å². The largest absolute Gasteiger partial charge is 0.417 e. The smallest absolute Gasteiger partial charge is 0.312 e. The van der Waals surface area contributed by atoms with E-state index in [1.165, 1.54) is 17.0 Å². The first kappa shape index (κ1) is 14.7. The molecule has 1 aromatic carbocycles. The summed E-state index contributed by atoms with van der Waals surface area (Å²) in [5.74, 6) is 0.659. The molecule has 0 aliphatic carbocycles. The van der Waals surface area contributed by atoms with Crippen LogP contribution in [0.3, 0.4) is 0 Å². The summed E-state index contributed by atoms with van der Waals surface area (Å²) in [6, 6.07) is 3.65. The van der Waals surface area contributed by atoms with Gasteiger partial charge in [-0.05, 0) is 29.9 Å². The molecular weight excluding hydrogens is 343 g/mol. The van der Waals surface area contributed by atoms with Gasteiger partial charge in [0.05, 0.1) is 5.56 Å². The van der Waals surface area contributed by atoms with Gasteiger partial charge in [-0.25, -0.2) is 0 Å². The van der Waals surface area contributed by atoms with Crippen LogP contribution >= 0.6 is 28.6 Å². The van der Waals surface area contributed by atoms with Crippen LogP contribution in [0.25, 0.3) is 0 Å². The van der Waals surface area contributed by atoms with Crippen molar-refractivity contribution in [3.05, 3.63) is 28.2 Å². The van der Waals surface area contributed by atoms with Gasteiger partial charge in [0.15, 0.2) is 0 Å². The Labute approximate surface area is 122 Å². The molecule has 1 heterocycles. The molecule has 0 radical (unpaired) electrons. The van der Waals surface area contributed by atoms with Crippen molar-refractivity contribution < 1.29 is 18.0 Å². The molecule has 1 aliphatic rings. The molecule has 1 saturated heterocycles. The van der Waals surface area contributed by atoms with Gasteiger partial charge in [0, 0.05) is 23.1 Å². The number of carbonyl (C=O) groups excluding carboxylic acids is 1.